The van der Waals surface area contributed by atoms with E-state index in [2.05, 4.69) is 17.4 Å². The summed E-state index contributed by atoms with van der Waals surface area (Å²) in [6.07, 6.45) is 0.293. The van der Waals surface area contributed by atoms with Crippen molar-refractivity contribution in [2.24, 2.45) is 0 Å². The van der Waals surface area contributed by atoms with Crippen LogP contribution in [0.1, 0.15) is 36.1 Å². The van der Waals surface area contributed by atoms with Gasteiger partial charge in [-0.2, -0.15) is 0 Å². The molecular formula is C20H23NO4. The zero-order valence-corrected chi connectivity index (χ0v) is 14.6. The number of hydrogen-bond donors (Lipinski definition) is 1. The van der Waals surface area contributed by atoms with Gasteiger partial charge in [-0.05, 0) is 37.1 Å². The number of aryl methyl sites for hydroxylation is 1. The van der Waals surface area contributed by atoms with Crippen molar-refractivity contribution in [2.45, 2.75) is 32.9 Å². The Kier molecular flexibility index (Phi) is 5.56. The monoisotopic (exact) mass is 341 g/mol. The van der Waals surface area contributed by atoms with Crippen molar-refractivity contribution in [2.75, 3.05) is 13.4 Å². The van der Waals surface area contributed by atoms with Crippen LogP contribution < -0.4 is 14.8 Å². The molecule has 25 heavy (non-hydrogen) atoms. The molecule has 132 valence electrons. The fourth-order valence-electron chi connectivity index (χ4n) is 2.79. The lowest BCUT2D eigenvalue weighted by Gasteiger charge is -2.19. The summed E-state index contributed by atoms with van der Waals surface area (Å²) < 4.78 is 15.9. The molecule has 1 N–H and O–H groups in total. The molecule has 0 fully saturated rings. The van der Waals surface area contributed by atoms with E-state index in [9.17, 15) is 4.79 Å². The van der Waals surface area contributed by atoms with Gasteiger partial charge >= 0.3 is 5.97 Å². The van der Waals surface area contributed by atoms with Gasteiger partial charge in [0.05, 0.1) is 13.0 Å². The molecule has 0 aliphatic carbocycles. The third-order valence-corrected chi connectivity index (χ3v) is 4.15. The normalized spacial score (nSPS) is 13.5. The van der Waals surface area contributed by atoms with Gasteiger partial charge in [-0.3, -0.25) is 4.79 Å². The highest BCUT2D eigenvalue weighted by Gasteiger charge is 2.18. The molecule has 1 aliphatic heterocycles. The van der Waals surface area contributed by atoms with Crippen molar-refractivity contribution < 1.29 is 19.0 Å². The molecule has 1 aliphatic rings. The summed E-state index contributed by atoms with van der Waals surface area (Å²) in [5.74, 6) is 1.33. The van der Waals surface area contributed by atoms with Crippen LogP contribution in [0.5, 0.6) is 11.5 Å². The number of carbonyl (C=O) groups is 1. The lowest BCUT2D eigenvalue weighted by molar-refractivity contribution is -0.143. The molecule has 0 amide bonds. The third-order valence-electron chi connectivity index (χ3n) is 4.15. The second-order valence-electron chi connectivity index (χ2n) is 6.04. The van der Waals surface area contributed by atoms with Crippen LogP contribution in [0.4, 0.5) is 0 Å². The molecule has 0 saturated heterocycles. The van der Waals surface area contributed by atoms with Gasteiger partial charge in [0.15, 0.2) is 11.5 Å². The Bertz CT molecular complexity index is 727. The van der Waals surface area contributed by atoms with Gasteiger partial charge in [0.25, 0.3) is 0 Å². The van der Waals surface area contributed by atoms with E-state index in [4.69, 9.17) is 14.2 Å². The second kappa shape index (κ2) is 8.03. The van der Waals surface area contributed by atoms with E-state index >= 15 is 0 Å². The van der Waals surface area contributed by atoms with Crippen LogP contribution in [0.15, 0.2) is 42.5 Å². The van der Waals surface area contributed by atoms with Crippen LogP contribution in [0, 0.1) is 6.92 Å². The van der Waals surface area contributed by atoms with Gasteiger partial charge in [0.1, 0.15) is 0 Å². The van der Waals surface area contributed by atoms with Gasteiger partial charge in [-0.25, -0.2) is 0 Å². The van der Waals surface area contributed by atoms with E-state index in [1.807, 2.05) is 44.2 Å². The predicted octanol–water partition coefficient (Wildman–Crippen LogP) is 3.51. The fourth-order valence-corrected chi connectivity index (χ4v) is 2.79. The maximum Gasteiger partial charge on any atom is 0.307 e. The Labute approximate surface area is 147 Å². The SMILES string of the molecule is CCOC(=O)CC(NCc1ccc2c(c1)OCO2)c1ccc(C)cc1. The molecule has 0 radical (unpaired) electrons. The summed E-state index contributed by atoms with van der Waals surface area (Å²) in [6, 6.07) is 14.0. The van der Waals surface area contributed by atoms with Crippen LogP contribution in [0.25, 0.3) is 0 Å². The minimum absolute atomic E-state index is 0.106. The molecule has 0 spiro atoms. The summed E-state index contributed by atoms with van der Waals surface area (Å²) in [6.45, 7) is 5.14. The number of fused-ring (bicyclic) bond motifs is 1. The van der Waals surface area contributed by atoms with Crippen molar-refractivity contribution in [3.8, 4) is 11.5 Å². The Morgan fingerprint density at radius 2 is 1.92 bits per heavy atom. The highest BCUT2D eigenvalue weighted by Crippen LogP contribution is 2.32. The Morgan fingerprint density at radius 3 is 2.68 bits per heavy atom. The summed E-state index contributed by atoms with van der Waals surface area (Å²) >= 11 is 0. The van der Waals surface area contributed by atoms with Crippen LogP contribution in [-0.2, 0) is 16.1 Å². The van der Waals surface area contributed by atoms with Gasteiger partial charge in [-0.15, -0.1) is 0 Å². The summed E-state index contributed by atoms with van der Waals surface area (Å²) in [7, 11) is 0. The quantitative estimate of drug-likeness (QED) is 0.781. The first-order chi connectivity index (χ1) is 12.2. The van der Waals surface area contributed by atoms with E-state index in [0.29, 0.717) is 19.6 Å². The molecule has 2 aromatic rings. The largest absolute Gasteiger partial charge is 0.466 e. The van der Waals surface area contributed by atoms with Gasteiger partial charge in [0.2, 0.25) is 6.79 Å². The number of carbonyl (C=O) groups excluding carboxylic acids is 1. The smallest absolute Gasteiger partial charge is 0.307 e. The molecule has 1 unspecified atom stereocenters. The first-order valence-corrected chi connectivity index (χ1v) is 8.50. The van der Waals surface area contributed by atoms with Crippen molar-refractivity contribution >= 4 is 5.97 Å². The van der Waals surface area contributed by atoms with Crippen molar-refractivity contribution in [3.05, 3.63) is 59.2 Å². The van der Waals surface area contributed by atoms with Crippen molar-refractivity contribution in [3.63, 3.8) is 0 Å². The summed E-state index contributed by atoms with van der Waals surface area (Å²) in [5, 5.41) is 3.46. The zero-order chi connectivity index (χ0) is 17.6. The van der Waals surface area contributed by atoms with Crippen LogP contribution in [-0.4, -0.2) is 19.4 Å². The lowest BCUT2D eigenvalue weighted by atomic mass is 10.0. The van der Waals surface area contributed by atoms with E-state index in [1.165, 1.54) is 5.56 Å². The molecule has 3 rings (SSSR count). The van der Waals surface area contributed by atoms with Crippen LogP contribution >= 0.6 is 0 Å². The highest BCUT2D eigenvalue weighted by atomic mass is 16.7. The third kappa shape index (κ3) is 4.51. The van der Waals surface area contributed by atoms with Gasteiger partial charge in [-0.1, -0.05) is 35.9 Å². The number of nitrogens with one attached hydrogen (secondary N) is 1. The number of rotatable bonds is 7. The standard InChI is InChI=1S/C20H23NO4/c1-3-23-20(22)11-17(16-7-4-14(2)5-8-16)21-12-15-6-9-18-19(10-15)25-13-24-18/h4-10,17,21H,3,11-13H2,1-2H3. The number of ether oxygens (including phenoxy) is 3. The first kappa shape index (κ1) is 17.3. The summed E-state index contributed by atoms with van der Waals surface area (Å²) in [5.41, 5.74) is 3.33. The van der Waals surface area contributed by atoms with Crippen molar-refractivity contribution in [1.29, 1.82) is 0 Å². The molecule has 0 aromatic heterocycles. The molecule has 1 atom stereocenters. The highest BCUT2D eigenvalue weighted by molar-refractivity contribution is 5.70. The average Bonchev–Trinajstić information content (AvgIpc) is 3.07. The molecular weight excluding hydrogens is 318 g/mol. The zero-order valence-electron chi connectivity index (χ0n) is 14.6. The first-order valence-electron chi connectivity index (χ1n) is 8.50. The Hall–Kier alpha value is -2.53. The van der Waals surface area contributed by atoms with E-state index in [0.717, 1.165) is 22.6 Å². The van der Waals surface area contributed by atoms with Crippen LogP contribution in [0.2, 0.25) is 0 Å². The maximum atomic E-state index is 12.0. The molecule has 5 heteroatoms. The predicted molar refractivity (Wildman–Crippen MR) is 94.6 cm³/mol. The van der Waals surface area contributed by atoms with Crippen molar-refractivity contribution in [1.82, 2.24) is 5.32 Å². The minimum atomic E-state index is -0.203. The minimum Gasteiger partial charge on any atom is -0.466 e. The lowest BCUT2D eigenvalue weighted by Crippen LogP contribution is -2.24. The van der Waals surface area contributed by atoms with E-state index < -0.39 is 0 Å². The number of esters is 1. The van der Waals surface area contributed by atoms with E-state index in [-0.39, 0.29) is 18.8 Å². The maximum absolute atomic E-state index is 12.0. The Morgan fingerprint density at radius 1 is 1.16 bits per heavy atom. The molecule has 0 saturated carbocycles. The fraction of sp³-hybridized carbons (Fsp3) is 0.350. The number of benzene rings is 2. The Balaban J connectivity index is 1.70. The van der Waals surface area contributed by atoms with Crippen LogP contribution in [0.3, 0.4) is 0 Å². The molecule has 0 bridgehead atoms. The molecule has 5 nitrogen and oxygen atoms in total. The van der Waals surface area contributed by atoms with Gasteiger partial charge < -0.3 is 19.5 Å². The summed E-state index contributed by atoms with van der Waals surface area (Å²) in [4.78, 5) is 12.0. The topological polar surface area (TPSA) is 56.8 Å². The van der Waals surface area contributed by atoms with E-state index in [1.54, 1.807) is 0 Å². The number of hydrogen-bond acceptors (Lipinski definition) is 5. The second-order valence-corrected chi connectivity index (χ2v) is 6.04. The van der Waals surface area contributed by atoms with Gasteiger partial charge in [0, 0.05) is 12.6 Å². The molecule has 1 heterocycles. The average molecular weight is 341 g/mol. The molecule has 2 aromatic carbocycles.